The molecule has 2 N–H and O–H groups in total. The fraction of sp³-hybridized carbons (Fsp3) is 0.545. The summed E-state index contributed by atoms with van der Waals surface area (Å²) in [6.07, 6.45) is 6.60. The third-order valence-electron chi connectivity index (χ3n) is 6.09. The molecule has 0 aliphatic heterocycles. The number of hydrogen-bond acceptors (Lipinski definition) is 3. The number of nitrogens with one attached hydrogen (secondary N) is 1. The van der Waals surface area contributed by atoms with Gasteiger partial charge in [0.05, 0.1) is 13.0 Å². The number of carbonyl (C=O) groups is 2. The Morgan fingerprint density at radius 1 is 1.25 bits per heavy atom. The molecule has 2 aliphatic carbocycles. The maximum Gasteiger partial charge on any atom is 0.317 e. The summed E-state index contributed by atoms with van der Waals surface area (Å²) >= 11 is 0. The van der Waals surface area contributed by atoms with E-state index in [4.69, 9.17) is 5.11 Å². The smallest absolute Gasteiger partial charge is 0.317 e. The van der Waals surface area contributed by atoms with Crippen molar-refractivity contribution >= 4 is 22.8 Å². The van der Waals surface area contributed by atoms with Crippen LogP contribution in [-0.2, 0) is 22.6 Å². The molecular weight excluding hydrogens is 354 g/mol. The molecule has 150 valence electrons. The van der Waals surface area contributed by atoms with E-state index in [1.165, 1.54) is 18.4 Å². The van der Waals surface area contributed by atoms with Gasteiger partial charge in [0.2, 0.25) is 5.91 Å². The fourth-order valence-electron chi connectivity index (χ4n) is 4.33. The lowest BCUT2D eigenvalue weighted by molar-refractivity contribution is -0.140. The number of carboxylic acid groups (broad SMARTS) is 1. The van der Waals surface area contributed by atoms with Crippen LogP contribution in [0.1, 0.15) is 38.2 Å². The molecule has 1 heterocycles. The summed E-state index contributed by atoms with van der Waals surface area (Å²) in [6.45, 7) is 3.98. The molecule has 0 unspecified atom stereocenters. The number of carbonyl (C=O) groups excluding carboxylic acids is 1. The van der Waals surface area contributed by atoms with Gasteiger partial charge >= 0.3 is 5.97 Å². The number of rotatable bonds is 9. The normalized spacial score (nSPS) is 21.6. The van der Waals surface area contributed by atoms with Crippen LogP contribution >= 0.6 is 0 Å². The van der Waals surface area contributed by atoms with Crippen LogP contribution in [-0.4, -0.2) is 51.6 Å². The zero-order valence-corrected chi connectivity index (χ0v) is 16.4. The number of aryl methyl sites for hydroxylation is 1. The SMILES string of the molecule is CCn1cc(CC(=O)NC2CC(N(CC(=O)O)CC3CC3)C2)c2ccccc21. The fourth-order valence-corrected chi connectivity index (χ4v) is 4.33. The maximum atomic E-state index is 12.6. The van der Waals surface area contributed by atoms with E-state index in [0.717, 1.165) is 36.9 Å². The van der Waals surface area contributed by atoms with Gasteiger partial charge in [0.25, 0.3) is 0 Å². The number of amides is 1. The van der Waals surface area contributed by atoms with Crippen LogP contribution in [0.2, 0.25) is 0 Å². The Kier molecular flexibility index (Phi) is 5.40. The van der Waals surface area contributed by atoms with Crippen molar-refractivity contribution in [1.29, 1.82) is 0 Å². The Morgan fingerprint density at radius 3 is 2.68 bits per heavy atom. The van der Waals surface area contributed by atoms with Crippen LogP contribution in [0, 0.1) is 5.92 Å². The summed E-state index contributed by atoms with van der Waals surface area (Å²) in [5.41, 5.74) is 2.23. The zero-order valence-electron chi connectivity index (χ0n) is 16.4. The number of nitrogens with zero attached hydrogens (tertiary/aromatic N) is 2. The van der Waals surface area contributed by atoms with E-state index in [0.29, 0.717) is 12.3 Å². The Labute approximate surface area is 165 Å². The minimum atomic E-state index is -0.763. The Hall–Kier alpha value is -2.34. The van der Waals surface area contributed by atoms with E-state index in [1.807, 2.05) is 12.1 Å². The first kappa shape index (κ1) is 19.0. The average molecular weight is 383 g/mol. The van der Waals surface area contributed by atoms with Crippen LogP contribution in [0.25, 0.3) is 10.9 Å². The monoisotopic (exact) mass is 383 g/mol. The highest BCUT2D eigenvalue weighted by molar-refractivity contribution is 5.89. The second kappa shape index (κ2) is 7.95. The molecule has 0 atom stereocenters. The van der Waals surface area contributed by atoms with Gasteiger partial charge in [-0.1, -0.05) is 18.2 Å². The highest BCUT2D eigenvalue weighted by Gasteiger charge is 2.37. The lowest BCUT2D eigenvalue weighted by atomic mass is 9.85. The molecule has 2 fully saturated rings. The van der Waals surface area contributed by atoms with E-state index in [9.17, 15) is 9.59 Å². The summed E-state index contributed by atoms with van der Waals surface area (Å²) in [5.74, 6) is -0.0428. The molecule has 0 bridgehead atoms. The minimum Gasteiger partial charge on any atom is -0.480 e. The Balaban J connectivity index is 1.31. The van der Waals surface area contributed by atoms with Gasteiger partial charge in [-0.25, -0.2) is 0 Å². The summed E-state index contributed by atoms with van der Waals surface area (Å²) in [6, 6.07) is 8.64. The van der Waals surface area contributed by atoms with Crippen LogP contribution in [0.5, 0.6) is 0 Å². The first-order valence-corrected chi connectivity index (χ1v) is 10.4. The van der Waals surface area contributed by atoms with Crippen molar-refractivity contribution < 1.29 is 14.7 Å². The van der Waals surface area contributed by atoms with Crippen LogP contribution in [0.15, 0.2) is 30.5 Å². The third kappa shape index (κ3) is 4.22. The van der Waals surface area contributed by atoms with Gasteiger partial charge in [-0.05, 0) is 50.2 Å². The van der Waals surface area contributed by atoms with Crippen LogP contribution < -0.4 is 5.32 Å². The standard InChI is InChI=1S/C22H29N3O3/c1-2-24-13-16(19-5-3-4-6-20(19)24)9-21(26)23-17-10-18(11-17)25(14-22(27)28)12-15-7-8-15/h3-6,13,15,17-18H,2,7-12,14H2,1H3,(H,23,26)(H,27,28). The van der Waals surface area contributed by atoms with Gasteiger partial charge in [-0.3, -0.25) is 14.5 Å². The van der Waals surface area contributed by atoms with Gasteiger partial charge in [0.15, 0.2) is 0 Å². The molecule has 28 heavy (non-hydrogen) atoms. The lowest BCUT2D eigenvalue weighted by Gasteiger charge is -2.42. The van der Waals surface area contributed by atoms with Crippen molar-refractivity contribution in [1.82, 2.24) is 14.8 Å². The second-order valence-corrected chi connectivity index (χ2v) is 8.29. The van der Waals surface area contributed by atoms with Gasteiger partial charge in [-0.2, -0.15) is 0 Å². The third-order valence-corrected chi connectivity index (χ3v) is 6.09. The van der Waals surface area contributed by atoms with E-state index in [1.54, 1.807) is 0 Å². The van der Waals surface area contributed by atoms with Gasteiger partial charge in [0, 0.05) is 42.3 Å². The largest absolute Gasteiger partial charge is 0.480 e. The van der Waals surface area contributed by atoms with Crippen molar-refractivity contribution in [2.45, 2.75) is 57.7 Å². The van der Waals surface area contributed by atoms with E-state index in [-0.39, 0.29) is 24.5 Å². The maximum absolute atomic E-state index is 12.6. The summed E-state index contributed by atoms with van der Waals surface area (Å²) in [5, 5.41) is 13.4. The second-order valence-electron chi connectivity index (χ2n) is 8.29. The van der Waals surface area contributed by atoms with Gasteiger partial charge in [-0.15, -0.1) is 0 Å². The van der Waals surface area contributed by atoms with Crippen molar-refractivity contribution in [3.8, 4) is 0 Å². The van der Waals surface area contributed by atoms with Crippen molar-refractivity contribution in [3.05, 3.63) is 36.0 Å². The van der Waals surface area contributed by atoms with Crippen molar-refractivity contribution in [2.24, 2.45) is 5.92 Å². The van der Waals surface area contributed by atoms with E-state index < -0.39 is 5.97 Å². The topological polar surface area (TPSA) is 74.6 Å². The summed E-state index contributed by atoms with van der Waals surface area (Å²) in [4.78, 5) is 25.8. The lowest BCUT2D eigenvalue weighted by Crippen LogP contribution is -2.55. The highest BCUT2D eigenvalue weighted by atomic mass is 16.4. The predicted molar refractivity (Wildman–Crippen MR) is 108 cm³/mol. The van der Waals surface area contributed by atoms with Gasteiger partial charge < -0.3 is 15.0 Å². The first-order chi connectivity index (χ1) is 13.5. The molecule has 2 aromatic rings. The first-order valence-electron chi connectivity index (χ1n) is 10.4. The molecule has 2 saturated carbocycles. The number of aromatic nitrogens is 1. The number of fused-ring (bicyclic) bond motifs is 1. The molecule has 0 radical (unpaired) electrons. The van der Waals surface area contributed by atoms with Crippen LogP contribution in [0.3, 0.4) is 0 Å². The molecular formula is C22H29N3O3. The zero-order chi connectivity index (χ0) is 19.7. The number of para-hydroxylation sites is 1. The molecule has 0 saturated heterocycles. The van der Waals surface area contributed by atoms with Crippen LogP contribution in [0.4, 0.5) is 0 Å². The quantitative estimate of drug-likeness (QED) is 0.698. The molecule has 1 aromatic heterocycles. The van der Waals surface area contributed by atoms with Crippen molar-refractivity contribution in [3.63, 3.8) is 0 Å². The number of hydrogen-bond donors (Lipinski definition) is 2. The molecule has 1 amide bonds. The van der Waals surface area contributed by atoms with Crippen molar-refractivity contribution in [2.75, 3.05) is 13.1 Å². The highest BCUT2D eigenvalue weighted by Crippen LogP contribution is 2.33. The number of carboxylic acids is 1. The number of benzene rings is 1. The molecule has 2 aliphatic rings. The molecule has 0 spiro atoms. The minimum absolute atomic E-state index is 0.0504. The average Bonchev–Trinajstić information content (AvgIpc) is 3.38. The Bertz CT molecular complexity index is 865. The van der Waals surface area contributed by atoms with E-state index in [2.05, 4.69) is 40.0 Å². The van der Waals surface area contributed by atoms with E-state index >= 15 is 0 Å². The number of aliphatic carboxylic acids is 1. The summed E-state index contributed by atoms with van der Waals surface area (Å²) in [7, 11) is 0. The molecule has 1 aromatic carbocycles. The molecule has 6 heteroatoms. The Morgan fingerprint density at radius 2 is 2.00 bits per heavy atom. The van der Waals surface area contributed by atoms with Gasteiger partial charge in [0.1, 0.15) is 0 Å². The molecule has 4 rings (SSSR count). The summed E-state index contributed by atoms with van der Waals surface area (Å²) < 4.78 is 2.18. The predicted octanol–water partition coefficient (Wildman–Crippen LogP) is 2.65. The molecule has 6 nitrogen and oxygen atoms in total.